The number of aliphatic hydroxyl groups excluding tert-OH is 2. The molecule has 30 heavy (non-hydrogen) atoms. The molecule has 1 aliphatic rings. The lowest BCUT2D eigenvalue weighted by Gasteiger charge is -2.37. The average molecular weight is 438 g/mol. The molecule has 3 rings (SSSR count). The number of methoxy groups -OCH3 is 1. The number of nitrogens with one attached hydrogen (secondary N) is 2. The first-order valence-corrected chi connectivity index (χ1v) is 9.67. The first-order valence-electron chi connectivity index (χ1n) is 9.26. The molecule has 0 saturated carbocycles. The Hall–Kier alpha value is -2.83. The zero-order valence-electron chi connectivity index (χ0n) is 16.3. The average Bonchev–Trinajstić information content (AvgIpc) is 3.31. The van der Waals surface area contributed by atoms with Gasteiger partial charge in [0.15, 0.2) is 6.10 Å². The van der Waals surface area contributed by atoms with Crippen LogP contribution in [0.15, 0.2) is 24.4 Å². The smallest absolute Gasteiger partial charge is 0.257 e. The van der Waals surface area contributed by atoms with Gasteiger partial charge in [0, 0.05) is 26.2 Å². The van der Waals surface area contributed by atoms with E-state index in [2.05, 4.69) is 20.7 Å². The standard InChI is InChI=1S/C18H23FN6O4S/c1-29-18(30)21-16(13-9-20-23-22-13)11-2-3-14(12(19)8-11)24-4-6-25(7-5-24)17(28)15(27)10-26/h2-3,8-9,15-16,26-27H,4-7,10H2,1H3,(H,21,30)(H,20,22,23). The summed E-state index contributed by atoms with van der Waals surface area (Å²) in [6.07, 6.45) is 0.0884. The van der Waals surface area contributed by atoms with Crippen molar-refractivity contribution in [2.45, 2.75) is 12.1 Å². The van der Waals surface area contributed by atoms with E-state index in [1.54, 1.807) is 12.1 Å². The van der Waals surface area contributed by atoms with Crippen molar-refractivity contribution in [2.24, 2.45) is 0 Å². The van der Waals surface area contributed by atoms with Crippen LogP contribution in [0.4, 0.5) is 10.1 Å². The van der Waals surface area contributed by atoms with E-state index in [0.717, 1.165) is 0 Å². The fourth-order valence-corrected chi connectivity index (χ4v) is 3.39. The van der Waals surface area contributed by atoms with Crippen LogP contribution in [0.3, 0.4) is 0 Å². The van der Waals surface area contributed by atoms with Crippen LogP contribution in [-0.4, -0.2) is 87.6 Å². The topological polar surface area (TPSA) is 127 Å². The number of hydrogen-bond acceptors (Lipinski definition) is 8. The number of carbonyl (C=O) groups is 1. The molecule has 0 aliphatic carbocycles. The summed E-state index contributed by atoms with van der Waals surface area (Å²) < 4.78 is 20.0. The van der Waals surface area contributed by atoms with E-state index in [1.165, 1.54) is 24.3 Å². The second-order valence-electron chi connectivity index (χ2n) is 6.69. The van der Waals surface area contributed by atoms with Crippen molar-refractivity contribution >= 4 is 29.0 Å². The van der Waals surface area contributed by atoms with Crippen LogP contribution in [-0.2, 0) is 9.53 Å². The predicted octanol–water partition coefficient (Wildman–Crippen LogP) is -0.444. The fourth-order valence-electron chi connectivity index (χ4n) is 3.27. The first kappa shape index (κ1) is 21.9. The molecule has 0 spiro atoms. The molecule has 2 unspecified atom stereocenters. The van der Waals surface area contributed by atoms with Crippen LogP contribution in [0.5, 0.6) is 0 Å². The van der Waals surface area contributed by atoms with Crippen LogP contribution in [0.2, 0.25) is 0 Å². The third kappa shape index (κ3) is 4.83. The monoisotopic (exact) mass is 438 g/mol. The van der Waals surface area contributed by atoms with Crippen LogP contribution < -0.4 is 10.2 Å². The van der Waals surface area contributed by atoms with Gasteiger partial charge in [-0.25, -0.2) is 4.39 Å². The molecule has 2 aromatic rings. The fraction of sp³-hybridized carbons (Fsp3) is 0.444. The lowest BCUT2D eigenvalue weighted by atomic mass is 10.0. The molecule has 1 aromatic carbocycles. The minimum atomic E-state index is -1.42. The van der Waals surface area contributed by atoms with E-state index >= 15 is 0 Å². The number of anilines is 1. The van der Waals surface area contributed by atoms with Crippen LogP contribution in [0.1, 0.15) is 17.3 Å². The summed E-state index contributed by atoms with van der Waals surface area (Å²) in [5.74, 6) is -0.954. The Morgan fingerprint density at radius 1 is 1.40 bits per heavy atom. The van der Waals surface area contributed by atoms with Crippen molar-refractivity contribution in [1.29, 1.82) is 0 Å². The number of aromatic nitrogens is 3. The molecule has 0 radical (unpaired) electrons. The summed E-state index contributed by atoms with van der Waals surface area (Å²) in [4.78, 5) is 15.3. The molecule has 1 fully saturated rings. The number of H-pyrrole nitrogens is 1. The Bertz CT molecular complexity index is 876. The molecule has 1 aliphatic heterocycles. The van der Waals surface area contributed by atoms with Crippen molar-refractivity contribution < 1.29 is 24.1 Å². The molecule has 2 atom stereocenters. The van der Waals surface area contributed by atoms with E-state index in [-0.39, 0.29) is 5.17 Å². The van der Waals surface area contributed by atoms with Gasteiger partial charge in [0.05, 0.1) is 25.6 Å². The Kier molecular flexibility index (Phi) is 7.13. The summed E-state index contributed by atoms with van der Waals surface area (Å²) in [6.45, 7) is 0.824. The number of ether oxygens (including phenoxy) is 1. The number of benzene rings is 1. The number of hydrogen-bond donors (Lipinski definition) is 4. The lowest BCUT2D eigenvalue weighted by Crippen LogP contribution is -2.52. The van der Waals surface area contributed by atoms with E-state index in [0.29, 0.717) is 43.1 Å². The van der Waals surface area contributed by atoms with Crippen LogP contribution in [0.25, 0.3) is 0 Å². The number of amides is 1. The Morgan fingerprint density at radius 2 is 2.13 bits per heavy atom. The van der Waals surface area contributed by atoms with Gasteiger partial charge in [-0.1, -0.05) is 6.07 Å². The van der Waals surface area contributed by atoms with Gasteiger partial charge in [0.1, 0.15) is 17.6 Å². The molecular formula is C18H23FN6O4S. The Morgan fingerprint density at radius 3 is 2.70 bits per heavy atom. The van der Waals surface area contributed by atoms with Crippen LogP contribution in [0, 0.1) is 5.82 Å². The predicted molar refractivity (Wildman–Crippen MR) is 109 cm³/mol. The highest BCUT2D eigenvalue weighted by Crippen LogP contribution is 2.27. The summed E-state index contributed by atoms with van der Waals surface area (Å²) in [5, 5.41) is 31.9. The maximum Gasteiger partial charge on any atom is 0.257 e. The highest BCUT2D eigenvalue weighted by Gasteiger charge is 2.27. The third-order valence-electron chi connectivity index (χ3n) is 4.87. The van der Waals surface area contributed by atoms with Gasteiger partial charge in [-0.2, -0.15) is 15.4 Å². The first-order chi connectivity index (χ1) is 14.4. The van der Waals surface area contributed by atoms with Gasteiger partial charge in [-0.3, -0.25) is 4.79 Å². The van der Waals surface area contributed by atoms with Crippen molar-refractivity contribution in [2.75, 3.05) is 44.8 Å². The summed E-state index contributed by atoms with van der Waals surface area (Å²) in [5.41, 5.74) is 1.52. The Balaban J connectivity index is 1.73. The van der Waals surface area contributed by atoms with Crippen molar-refractivity contribution in [1.82, 2.24) is 25.6 Å². The highest BCUT2D eigenvalue weighted by atomic mass is 32.1. The number of aliphatic hydroxyl groups is 2. The van der Waals surface area contributed by atoms with Gasteiger partial charge < -0.3 is 30.1 Å². The molecule has 0 bridgehead atoms. The minimum Gasteiger partial charge on any atom is -0.474 e. The lowest BCUT2D eigenvalue weighted by molar-refractivity contribution is -0.142. The molecule has 12 heteroatoms. The molecule has 1 amide bonds. The number of nitrogens with zero attached hydrogens (tertiary/aromatic N) is 4. The molecule has 1 saturated heterocycles. The van der Waals surface area contributed by atoms with Gasteiger partial charge in [0.2, 0.25) is 0 Å². The zero-order valence-corrected chi connectivity index (χ0v) is 17.1. The Labute approximate surface area is 177 Å². The molecule has 4 N–H and O–H groups in total. The second kappa shape index (κ2) is 9.78. The van der Waals surface area contributed by atoms with Crippen molar-refractivity contribution in [3.63, 3.8) is 0 Å². The number of thiocarbonyl (C=S) groups is 1. The number of carbonyl (C=O) groups excluding carboxylic acids is 1. The molecule has 10 nitrogen and oxygen atoms in total. The summed E-state index contributed by atoms with van der Waals surface area (Å²) in [7, 11) is 1.43. The van der Waals surface area contributed by atoms with E-state index in [1.807, 2.05) is 4.90 Å². The van der Waals surface area contributed by atoms with Crippen LogP contribution >= 0.6 is 12.2 Å². The quantitative estimate of drug-likeness (QED) is 0.444. The van der Waals surface area contributed by atoms with Gasteiger partial charge in [-0.15, -0.1) is 0 Å². The second-order valence-corrected chi connectivity index (χ2v) is 7.06. The SMILES string of the molecule is COC(=S)NC(c1ccc(N2CCN(C(=O)C(O)CO)CC2)c(F)c1)c1cn[nH]n1. The molecule has 2 heterocycles. The summed E-state index contributed by atoms with van der Waals surface area (Å²) in [6, 6.07) is 4.27. The number of rotatable bonds is 6. The van der Waals surface area contributed by atoms with Crippen molar-refractivity contribution in [3.05, 3.63) is 41.5 Å². The highest BCUT2D eigenvalue weighted by molar-refractivity contribution is 7.80. The summed E-state index contributed by atoms with van der Waals surface area (Å²) >= 11 is 5.07. The maximum atomic E-state index is 15.0. The minimum absolute atomic E-state index is 0.137. The van der Waals surface area contributed by atoms with Gasteiger partial charge in [0.25, 0.3) is 11.1 Å². The molecule has 162 valence electrons. The molecular weight excluding hydrogens is 415 g/mol. The normalized spacial score (nSPS) is 16.1. The maximum absolute atomic E-state index is 15.0. The van der Waals surface area contributed by atoms with E-state index in [4.69, 9.17) is 22.1 Å². The van der Waals surface area contributed by atoms with E-state index in [9.17, 15) is 14.3 Å². The number of aromatic amines is 1. The zero-order chi connectivity index (χ0) is 21.7. The third-order valence-corrected chi connectivity index (χ3v) is 5.16. The van der Waals surface area contributed by atoms with E-state index < -0.39 is 30.5 Å². The van der Waals surface area contributed by atoms with Gasteiger partial charge in [-0.05, 0) is 29.9 Å². The largest absolute Gasteiger partial charge is 0.474 e. The number of piperazine rings is 1. The van der Waals surface area contributed by atoms with Crippen molar-refractivity contribution in [3.8, 4) is 0 Å². The number of halogens is 1. The van der Waals surface area contributed by atoms with Gasteiger partial charge >= 0.3 is 0 Å². The molecule has 1 aromatic heterocycles.